The molecule has 116 valence electrons. The third kappa shape index (κ3) is 2.71. The highest BCUT2D eigenvalue weighted by atomic mass is 35.5. The third-order valence-corrected chi connectivity index (χ3v) is 4.15. The minimum atomic E-state index is -1.08. The van der Waals surface area contributed by atoms with Crippen molar-refractivity contribution in [3.63, 3.8) is 0 Å². The Kier molecular flexibility index (Phi) is 3.89. The van der Waals surface area contributed by atoms with Gasteiger partial charge in [-0.1, -0.05) is 23.7 Å². The van der Waals surface area contributed by atoms with E-state index < -0.39 is 5.92 Å². The van der Waals surface area contributed by atoms with Gasteiger partial charge in [-0.3, -0.25) is 9.48 Å². The zero-order valence-corrected chi connectivity index (χ0v) is 13.3. The zero-order valence-electron chi connectivity index (χ0n) is 12.6. The summed E-state index contributed by atoms with van der Waals surface area (Å²) in [6, 6.07) is 9.09. The van der Waals surface area contributed by atoms with Crippen molar-refractivity contribution in [2.24, 2.45) is 0 Å². The maximum Gasteiger partial charge on any atom is 0.220 e. The van der Waals surface area contributed by atoms with Crippen LogP contribution in [0.3, 0.4) is 0 Å². The highest BCUT2D eigenvalue weighted by Gasteiger charge is 2.27. The van der Waals surface area contributed by atoms with Gasteiger partial charge in [-0.25, -0.2) is 4.98 Å². The van der Waals surface area contributed by atoms with Crippen LogP contribution in [0, 0.1) is 25.2 Å². The summed E-state index contributed by atoms with van der Waals surface area (Å²) >= 11 is 6.08. The number of oxazole rings is 1. The molecule has 0 unspecified atom stereocenters. The van der Waals surface area contributed by atoms with Crippen molar-refractivity contribution >= 4 is 28.5 Å². The number of hydrogen-bond donors (Lipinski definition) is 0. The fourth-order valence-electron chi connectivity index (χ4n) is 2.35. The Bertz CT molecular complexity index is 902. The Hall–Kier alpha value is -2.65. The van der Waals surface area contributed by atoms with Crippen LogP contribution in [0.4, 0.5) is 0 Å². The Morgan fingerprint density at radius 3 is 2.78 bits per heavy atom. The number of hydrogen-bond acceptors (Lipinski definition) is 5. The van der Waals surface area contributed by atoms with Crippen LogP contribution in [0.2, 0.25) is 5.02 Å². The molecule has 0 aliphatic carbocycles. The van der Waals surface area contributed by atoms with Crippen LogP contribution in [0.25, 0.3) is 11.1 Å². The first-order valence-corrected chi connectivity index (χ1v) is 7.36. The summed E-state index contributed by atoms with van der Waals surface area (Å²) in [6.07, 6.45) is 0. The summed E-state index contributed by atoms with van der Waals surface area (Å²) in [5, 5.41) is 14.1. The van der Waals surface area contributed by atoms with Gasteiger partial charge < -0.3 is 4.42 Å². The predicted octanol–water partition coefficient (Wildman–Crippen LogP) is 3.17. The van der Waals surface area contributed by atoms with Crippen molar-refractivity contribution in [3.05, 3.63) is 46.6 Å². The molecule has 1 aromatic carbocycles. The van der Waals surface area contributed by atoms with Gasteiger partial charge in [0.15, 0.2) is 17.3 Å². The fourth-order valence-corrected chi connectivity index (χ4v) is 2.48. The highest BCUT2D eigenvalue weighted by Crippen LogP contribution is 2.24. The van der Waals surface area contributed by atoms with E-state index in [1.807, 2.05) is 12.1 Å². The first kappa shape index (κ1) is 15.3. The minimum absolute atomic E-state index is 0.0592. The number of carbonyl (C=O) groups excluding carboxylic acids is 1. The molecular weight excluding hydrogens is 316 g/mol. The number of halogens is 1. The van der Waals surface area contributed by atoms with Gasteiger partial charge in [0.2, 0.25) is 5.89 Å². The van der Waals surface area contributed by atoms with E-state index in [0.29, 0.717) is 27.5 Å². The molecule has 0 amide bonds. The lowest BCUT2D eigenvalue weighted by molar-refractivity contribution is -0.120. The van der Waals surface area contributed by atoms with E-state index in [-0.39, 0.29) is 18.2 Å². The molecule has 2 aromatic heterocycles. The van der Waals surface area contributed by atoms with E-state index in [1.54, 1.807) is 32.0 Å². The van der Waals surface area contributed by atoms with E-state index in [2.05, 4.69) is 10.1 Å². The van der Waals surface area contributed by atoms with E-state index >= 15 is 0 Å². The first-order valence-electron chi connectivity index (χ1n) is 6.98. The lowest BCUT2D eigenvalue weighted by Crippen LogP contribution is -2.19. The molecule has 0 bridgehead atoms. The molecular formula is C16H13ClN4O2. The van der Waals surface area contributed by atoms with Gasteiger partial charge in [0, 0.05) is 0 Å². The molecule has 2 heterocycles. The number of ketones is 1. The molecule has 0 aliphatic heterocycles. The van der Waals surface area contributed by atoms with Gasteiger partial charge in [0.25, 0.3) is 0 Å². The molecule has 7 heteroatoms. The second kappa shape index (κ2) is 5.86. The third-order valence-electron chi connectivity index (χ3n) is 3.61. The van der Waals surface area contributed by atoms with Crippen LogP contribution in [0.1, 0.15) is 23.2 Å². The summed E-state index contributed by atoms with van der Waals surface area (Å²) in [4.78, 5) is 16.7. The van der Waals surface area contributed by atoms with Gasteiger partial charge in [-0.15, -0.1) is 0 Å². The predicted molar refractivity (Wildman–Crippen MR) is 84.1 cm³/mol. The molecule has 3 aromatic rings. The number of nitrogens with zero attached hydrogens (tertiary/aromatic N) is 4. The van der Waals surface area contributed by atoms with Crippen molar-refractivity contribution in [3.8, 4) is 6.07 Å². The van der Waals surface area contributed by atoms with Crippen LogP contribution in [-0.2, 0) is 11.3 Å². The number of aryl methyl sites for hydroxylation is 1. The topological polar surface area (TPSA) is 84.7 Å². The zero-order chi connectivity index (χ0) is 16.6. The van der Waals surface area contributed by atoms with E-state index in [1.165, 1.54) is 4.68 Å². The number of para-hydroxylation sites is 2. The van der Waals surface area contributed by atoms with Crippen LogP contribution < -0.4 is 0 Å². The minimum Gasteiger partial charge on any atom is -0.439 e. The van der Waals surface area contributed by atoms with E-state index in [0.717, 1.165) is 0 Å². The summed E-state index contributed by atoms with van der Waals surface area (Å²) < 4.78 is 7.02. The normalized spacial score (nSPS) is 12.3. The number of Topliss-reactive ketones (excluding diaryl/α,β-unsaturated/α-hetero) is 1. The van der Waals surface area contributed by atoms with Crippen molar-refractivity contribution in [1.82, 2.24) is 14.8 Å². The average molecular weight is 329 g/mol. The molecule has 0 N–H and O–H groups in total. The van der Waals surface area contributed by atoms with Gasteiger partial charge in [0.1, 0.15) is 12.1 Å². The monoisotopic (exact) mass is 328 g/mol. The van der Waals surface area contributed by atoms with Crippen LogP contribution in [0.5, 0.6) is 0 Å². The molecule has 3 rings (SSSR count). The van der Waals surface area contributed by atoms with Crippen LogP contribution in [-0.4, -0.2) is 20.5 Å². The number of aromatic nitrogens is 3. The molecule has 6 nitrogen and oxygen atoms in total. The SMILES string of the molecule is Cc1nn(CC(=O)[C@@H](C#N)c2nc3ccccc3o2)c(C)c1Cl. The second-order valence-corrected chi connectivity index (χ2v) is 5.57. The number of carbonyl (C=O) groups is 1. The van der Waals surface area contributed by atoms with Crippen molar-refractivity contribution in [2.75, 3.05) is 0 Å². The average Bonchev–Trinajstić information content (AvgIpc) is 3.05. The van der Waals surface area contributed by atoms with Gasteiger partial charge in [-0.2, -0.15) is 10.4 Å². The maximum absolute atomic E-state index is 12.5. The van der Waals surface area contributed by atoms with Crippen LogP contribution >= 0.6 is 11.6 Å². The Balaban J connectivity index is 1.89. The maximum atomic E-state index is 12.5. The molecule has 0 radical (unpaired) electrons. The first-order chi connectivity index (χ1) is 11.0. The smallest absolute Gasteiger partial charge is 0.220 e. The highest BCUT2D eigenvalue weighted by molar-refractivity contribution is 6.31. The fraction of sp³-hybridized carbons (Fsp3) is 0.250. The van der Waals surface area contributed by atoms with Crippen molar-refractivity contribution < 1.29 is 9.21 Å². The van der Waals surface area contributed by atoms with Crippen molar-refractivity contribution in [2.45, 2.75) is 26.3 Å². The Labute approximate surface area is 137 Å². The van der Waals surface area contributed by atoms with Gasteiger partial charge in [-0.05, 0) is 26.0 Å². The summed E-state index contributed by atoms with van der Waals surface area (Å²) in [7, 11) is 0. The summed E-state index contributed by atoms with van der Waals surface area (Å²) in [5.74, 6) is -1.32. The van der Waals surface area contributed by atoms with Gasteiger partial charge in [0.05, 0.1) is 22.5 Å². The quantitative estimate of drug-likeness (QED) is 0.734. The lowest BCUT2D eigenvalue weighted by Gasteiger charge is -2.06. The molecule has 1 atom stereocenters. The summed E-state index contributed by atoms with van der Waals surface area (Å²) in [6.45, 7) is 3.48. The van der Waals surface area contributed by atoms with Crippen LogP contribution in [0.15, 0.2) is 28.7 Å². The Morgan fingerprint density at radius 2 is 2.17 bits per heavy atom. The molecule has 0 fully saturated rings. The molecule has 0 spiro atoms. The lowest BCUT2D eigenvalue weighted by atomic mass is 10.1. The molecule has 0 saturated carbocycles. The van der Waals surface area contributed by atoms with Gasteiger partial charge >= 0.3 is 0 Å². The molecule has 23 heavy (non-hydrogen) atoms. The number of benzene rings is 1. The van der Waals surface area contributed by atoms with E-state index in [4.69, 9.17) is 16.0 Å². The summed E-state index contributed by atoms with van der Waals surface area (Å²) in [5.41, 5.74) is 2.49. The number of fused-ring (bicyclic) bond motifs is 1. The molecule has 0 aliphatic rings. The number of nitriles is 1. The second-order valence-electron chi connectivity index (χ2n) is 5.19. The largest absolute Gasteiger partial charge is 0.439 e. The molecule has 0 saturated heterocycles. The standard InChI is InChI=1S/C16H13ClN4O2/c1-9-15(17)10(2)21(20-9)8-13(22)11(7-18)16-19-12-5-3-4-6-14(12)23-16/h3-6,11H,8H2,1-2H3/t11-/m1/s1. The van der Waals surface area contributed by atoms with Crippen molar-refractivity contribution in [1.29, 1.82) is 5.26 Å². The van der Waals surface area contributed by atoms with E-state index in [9.17, 15) is 10.1 Å². The Morgan fingerprint density at radius 1 is 1.43 bits per heavy atom. The number of rotatable bonds is 4.